The monoisotopic (exact) mass is 361 g/mol. The number of nitrogens with zero attached hydrogens (tertiary/aromatic N) is 1. The topological polar surface area (TPSA) is 12.5 Å². The average molecular weight is 361 g/mol. The minimum atomic E-state index is -4.30. The normalized spacial score (nSPS) is 19.0. The fourth-order valence-corrected chi connectivity index (χ4v) is 3.04. The first-order chi connectivity index (χ1) is 12.4. The second-order valence-corrected chi connectivity index (χ2v) is 6.67. The summed E-state index contributed by atoms with van der Waals surface area (Å²) < 4.78 is 43.7. The van der Waals surface area contributed by atoms with Gasteiger partial charge in [0.2, 0.25) is 0 Å². The van der Waals surface area contributed by atoms with E-state index in [0.29, 0.717) is 0 Å². The Labute approximate surface area is 151 Å². The molecule has 138 valence electrons. The zero-order chi connectivity index (χ0) is 18.6. The maximum atomic E-state index is 12.6. The summed E-state index contributed by atoms with van der Waals surface area (Å²) in [5.41, 5.74) is 1.06. The number of alkyl halides is 3. The summed E-state index contributed by atoms with van der Waals surface area (Å²) in [4.78, 5) is 2.27. The number of hydrogen-bond donors (Lipinski definition) is 0. The molecule has 0 unspecified atom stereocenters. The van der Waals surface area contributed by atoms with Crippen molar-refractivity contribution in [1.29, 1.82) is 0 Å². The van der Waals surface area contributed by atoms with Gasteiger partial charge in [-0.05, 0) is 61.8 Å². The van der Waals surface area contributed by atoms with Crippen LogP contribution in [0, 0.1) is 0 Å². The summed E-state index contributed by atoms with van der Waals surface area (Å²) in [5.74, 6) is 0.844. The summed E-state index contributed by atoms with van der Waals surface area (Å²) in [6, 6.07) is 12.9. The molecule has 0 aliphatic carbocycles. The molecule has 0 spiro atoms. The third-order valence-corrected chi connectivity index (χ3v) is 4.47. The second-order valence-electron chi connectivity index (χ2n) is 6.67. The van der Waals surface area contributed by atoms with Crippen molar-refractivity contribution in [3.05, 3.63) is 65.2 Å². The highest BCUT2D eigenvalue weighted by atomic mass is 19.4. The van der Waals surface area contributed by atoms with E-state index in [-0.39, 0.29) is 6.10 Å². The van der Waals surface area contributed by atoms with Crippen molar-refractivity contribution in [2.75, 3.05) is 20.1 Å². The summed E-state index contributed by atoms with van der Waals surface area (Å²) >= 11 is 0. The predicted molar refractivity (Wildman–Crippen MR) is 98.0 cm³/mol. The molecule has 1 aliphatic rings. The molecule has 1 saturated heterocycles. The van der Waals surface area contributed by atoms with Crippen LogP contribution in [0.4, 0.5) is 13.2 Å². The smallest absolute Gasteiger partial charge is 0.416 e. The molecule has 1 atom stereocenters. The van der Waals surface area contributed by atoms with Crippen molar-refractivity contribution < 1.29 is 17.9 Å². The van der Waals surface area contributed by atoms with Crippen LogP contribution in [-0.2, 0) is 6.18 Å². The summed E-state index contributed by atoms with van der Waals surface area (Å²) in [6.45, 7) is 2.06. The Kier molecular flexibility index (Phi) is 5.67. The lowest BCUT2D eigenvalue weighted by atomic mass is 10.1. The first kappa shape index (κ1) is 18.5. The first-order valence-electron chi connectivity index (χ1n) is 8.71. The molecule has 1 fully saturated rings. The quantitative estimate of drug-likeness (QED) is 0.681. The largest absolute Gasteiger partial charge is 0.489 e. The van der Waals surface area contributed by atoms with Gasteiger partial charge in [0, 0.05) is 6.54 Å². The van der Waals surface area contributed by atoms with Gasteiger partial charge in [-0.25, -0.2) is 0 Å². The molecule has 0 amide bonds. The van der Waals surface area contributed by atoms with Gasteiger partial charge in [-0.15, -0.1) is 0 Å². The van der Waals surface area contributed by atoms with Crippen molar-refractivity contribution in [2.24, 2.45) is 0 Å². The van der Waals surface area contributed by atoms with Gasteiger partial charge in [0.25, 0.3) is 0 Å². The summed E-state index contributed by atoms with van der Waals surface area (Å²) in [5, 5.41) is 0. The summed E-state index contributed by atoms with van der Waals surface area (Å²) in [6.07, 6.45) is 1.81. The van der Waals surface area contributed by atoms with E-state index >= 15 is 0 Å². The Morgan fingerprint density at radius 3 is 2.08 bits per heavy atom. The number of hydrogen-bond acceptors (Lipinski definition) is 2. The number of rotatable bonds is 4. The van der Waals surface area contributed by atoms with Crippen LogP contribution in [0.1, 0.15) is 29.5 Å². The lowest BCUT2D eigenvalue weighted by Gasteiger charge is -2.30. The zero-order valence-corrected chi connectivity index (χ0v) is 14.7. The lowest BCUT2D eigenvalue weighted by molar-refractivity contribution is -0.137. The van der Waals surface area contributed by atoms with E-state index < -0.39 is 11.7 Å². The van der Waals surface area contributed by atoms with Gasteiger partial charge in [-0.3, -0.25) is 0 Å². The number of piperidine rings is 1. The first-order valence-corrected chi connectivity index (χ1v) is 8.71. The van der Waals surface area contributed by atoms with Gasteiger partial charge in [0.1, 0.15) is 11.9 Å². The van der Waals surface area contributed by atoms with E-state index in [0.717, 1.165) is 54.9 Å². The SMILES string of the molecule is CN1CCC[C@H](Oc2ccc(/C=C\c3ccc(C(F)(F)F)cc3)cc2)C1. The summed E-state index contributed by atoms with van der Waals surface area (Å²) in [7, 11) is 2.10. The number of likely N-dealkylation sites (N-methyl/N-ethyl adjacent to an activating group) is 1. The highest BCUT2D eigenvalue weighted by molar-refractivity contribution is 5.69. The molecule has 0 N–H and O–H groups in total. The van der Waals surface area contributed by atoms with Gasteiger partial charge < -0.3 is 9.64 Å². The van der Waals surface area contributed by atoms with Crippen LogP contribution in [0.25, 0.3) is 12.2 Å². The molecule has 5 heteroatoms. The third kappa shape index (κ3) is 5.11. The minimum absolute atomic E-state index is 0.224. The van der Waals surface area contributed by atoms with Crippen molar-refractivity contribution in [2.45, 2.75) is 25.1 Å². The number of benzene rings is 2. The van der Waals surface area contributed by atoms with E-state index in [9.17, 15) is 13.2 Å². The molecular weight excluding hydrogens is 339 g/mol. The molecule has 0 radical (unpaired) electrons. The van der Waals surface area contributed by atoms with E-state index in [1.165, 1.54) is 12.1 Å². The fourth-order valence-electron chi connectivity index (χ4n) is 3.04. The third-order valence-electron chi connectivity index (χ3n) is 4.47. The van der Waals surface area contributed by atoms with Crippen LogP contribution >= 0.6 is 0 Å². The van der Waals surface area contributed by atoms with Crippen LogP contribution in [-0.4, -0.2) is 31.1 Å². The van der Waals surface area contributed by atoms with Crippen molar-refractivity contribution >= 4 is 12.2 Å². The lowest BCUT2D eigenvalue weighted by Crippen LogP contribution is -2.38. The number of likely N-dealkylation sites (tertiary alicyclic amines) is 1. The average Bonchev–Trinajstić information content (AvgIpc) is 2.61. The molecule has 2 aromatic rings. The molecule has 0 saturated carbocycles. The number of halogens is 3. The molecule has 0 bridgehead atoms. The Balaban J connectivity index is 1.59. The van der Waals surface area contributed by atoms with E-state index in [2.05, 4.69) is 11.9 Å². The molecular formula is C21H22F3NO. The molecule has 2 aromatic carbocycles. The molecule has 1 aliphatic heterocycles. The Bertz CT molecular complexity index is 735. The van der Waals surface area contributed by atoms with Gasteiger partial charge in [0.05, 0.1) is 5.56 Å². The Hall–Kier alpha value is -2.27. The van der Waals surface area contributed by atoms with Crippen LogP contribution in [0.5, 0.6) is 5.75 Å². The van der Waals surface area contributed by atoms with Crippen molar-refractivity contribution in [3.8, 4) is 5.75 Å². The fraction of sp³-hybridized carbons (Fsp3) is 0.333. The van der Waals surface area contributed by atoms with Crippen LogP contribution < -0.4 is 4.74 Å². The molecule has 1 heterocycles. The maximum absolute atomic E-state index is 12.6. The highest BCUT2D eigenvalue weighted by Crippen LogP contribution is 2.29. The number of ether oxygens (including phenoxy) is 1. The highest BCUT2D eigenvalue weighted by Gasteiger charge is 2.29. The Morgan fingerprint density at radius 1 is 0.962 bits per heavy atom. The van der Waals surface area contributed by atoms with Gasteiger partial charge in [0.15, 0.2) is 0 Å². The van der Waals surface area contributed by atoms with Crippen LogP contribution in [0.2, 0.25) is 0 Å². The van der Waals surface area contributed by atoms with Gasteiger partial charge in [-0.1, -0.05) is 36.4 Å². The van der Waals surface area contributed by atoms with E-state index in [1.54, 1.807) is 6.08 Å². The van der Waals surface area contributed by atoms with Crippen LogP contribution in [0.3, 0.4) is 0 Å². The zero-order valence-electron chi connectivity index (χ0n) is 14.7. The molecule has 26 heavy (non-hydrogen) atoms. The maximum Gasteiger partial charge on any atom is 0.416 e. The van der Waals surface area contributed by atoms with E-state index in [4.69, 9.17) is 4.74 Å². The van der Waals surface area contributed by atoms with Crippen molar-refractivity contribution in [1.82, 2.24) is 4.90 Å². The van der Waals surface area contributed by atoms with Gasteiger partial charge >= 0.3 is 6.18 Å². The minimum Gasteiger partial charge on any atom is -0.489 e. The standard InChI is InChI=1S/C21H22F3NO/c1-25-14-2-3-20(15-25)26-19-12-8-17(9-13-19)5-4-16-6-10-18(11-7-16)21(22,23)24/h4-13,20H,2-3,14-15H2,1H3/b5-4-/t20-/m0/s1. The molecule has 3 rings (SSSR count). The van der Waals surface area contributed by atoms with Gasteiger partial charge in [-0.2, -0.15) is 13.2 Å². The molecule has 0 aromatic heterocycles. The van der Waals surface area contributed by atoms with E-state index in [1.807, 2.05) is 30.3 Å². The van der Waals surface area contributed by atoms with Crippen LogP contribution in [0.15, 0.2) is 48.5 Å². The molecule has 2 nitrogen and oxygen atoms in total. The second kappa shape index (κ2) is 7.96. The predicted octanol–water partition coefficient (Wildman–Crippen LogP) is 5.35. The Morgan fingerprint density at radius 2 is 1.54 bits per heavy atom. The van der Waals surface area contributed by atoms with Crippen molar-refractivity contribution in [3.63, 3.8) is 0 Å².